The first kappa shape index (κ1) is 9.47. The van der Waals surface area contributed by atoms with Gasteiger partial charge in [0.2, 0.25) is 0 Å². The van der Waals surface area contributed by atoms with E-state index in [1.54, 1.807) is 0 Å². The third-order valence-electron chi connectivity index (χ3n) is 2.58. The van der Waals surface area contributed by atoms with Gasteiger partial charge in [-0.15, -0.1) is 11.3 Å². The van der Waals surface area contributed by atoms with E-state index in [0.29, 0.717) is 0 Å². The first-order chi connectivity index (χ1) is 6.20. The van der Waals surface area contributed by atoms with Crippen LogP contribution in [0.1, 0.15) is 34.6 Å². The molecule has 0 aliphatic heterocycles. The molecule has 70 valence electrons. The Bertz CT molecular complexity index is 349. The van der Waals surface area contributed by atoms with Gasteiger partial charge in [0, 0.05) is 14.2 Å². The number of rotatable bonds is 0. The summed E-state index contributed by atoms with van der Waals surface area (Å²) in [6, 6.07) is 0. The molecule has 0 bridgehead atoms. The molecule has 0 fully saturated rings. The summed E-state index contributed by atoms with van der Waals surface area (Å²) in [4.78, 5) is 2.84. The summed E-state index contributed by atoms with van der Waals surface area (Å²) >= 11 is 5.56. The highest BCUT2D eigenvalue weighted by molar-refractivity contribution is 9.10. The maximum atomic E-state index is 4.16. The van der Waals surface area contributed by atoms with Gasteiger partial charge < -0.3 is 0 Å². The summed E-state index contributed by atoms with van der Waals surface area (Å²) in [6.07, 6.45) is 5.01. The van der Waals surface area contributed by atoms with Crippen molar-refractivity contribution < 1.29 is 0 Å². The van der Waals surface area contributed by atoms with Gasteiger partial charge in [0.1, 0.15) is 0 Å². The molecule has 1 aromatic rings. The summed E-state index contributed by atoms with van der Waals surface area (Å²) in [5.41, 5.74) is 2.84. The third-order valence-corrected chi connectivity index (χ3v) is 5.17. The Hall–Kier alpha value is -0.0800. The molecule has 0 unspecified atom stereocenters. The lowest BCUT2D eigenvalue weighted by molar-refractivity contribution is 0.770. The normalized spacial score (nSPS) is 16.9. The minimum Gasteiger partial charge on any atom is -0.139 e. The Balaban J connectivity index is 2.53. The molecule has 0 spiro atoms. The molecule has 0 N–H and O–H groups in total. The fourth-order valence-electron chi connectivity index (χ4n) is 1.83. The van der Waals surface area contributed by atoms with Crippen LogP contribution in [0.4, 0.5) is 0 Å². The van der Waals surface area contributed by atoms with E-state index in [4.69, 9.17) is 0 Å². The average molecular weight is 257 g/mol. The first-order valence-electron chi connectivity index (χ1n) is 4.66. The summed E-state index contributed by atoms with van der Waals surface area (Å²) in [6.45, 7) is 6.34. The summed E-state index contributed by atoms with van der Waals surface area (Å²) in [7, 11) is 0. The zero-order chi connectivity index (χ0) is 9.42. The van der Waals surface area contributed by atoms with Gasteiger partial charge >= 0.3 is 0 Å². The fraction of sp³-hybridized carbons (Fsp3) is 0.455. The van der Waals surface area contributed by atoms with Gasteiger partial charge in [-0.25, -0.2) is 0 Å². The van der Waals surface area contributed by atoms with Crippen molar-refractivity contribution in [1.82, 2.24) is 0 Å². The molecule has 2 rings (SSSR count). The summed E-state index contributed by atoms with van der Waals surface area (Å²) in [5.74, 6) is 0. The third kappa shape index (κ3) is 1.62. The van der Waals surface area contributed by atoms with Crippen LogP contribution in [0.2, 0.25) is 0 Å². The first-order valence-corrected chi connectivity index (χ1v) is 6.27. The SMILES string of the molecule is C=C1CCCCc2c1sc(C)c2Br. The largest absolute Gasteiger partial charge is 0.139 e. The number of aryl methyl sites for hydroxylation is 1. The molecular formula is C11H13BrS. The smallest absolute Gasteiger partial charge is 0.0349 e. The molecule has 1 aromatic heterocycles. The van der Waals surface area contributed by atoms with E-state index in [2.05, 4.69) is 29.4 Å². The molecule has 0 saturated heterocycles. The molecule has 0 saturated carbocycles. The van der Waals surface area contributed by atoms with Gasteiger partial charge in [-0.3, -0.25) is 0 Å². The lowest BCUT2D eigenvalue weighted by Gasteiger charge is -1.99. The van der Waals surface area contributed by atoms with Crippen molar-refractivity contribution in [2.45, 2.75) is 32.6 Å². The lowest BCUT2D eigenvalue weighted by atomic mass is 10.1. The maximum Gasteiger partial charge on any atom is 0.0349 e. The second-order valence-electron chi connectivity index (χ2n) is 3.59. The Morgan fingerprint density at radius 1 is 1.31 bits per heavy atom. The predicted molar refractivity (Wildman–Crippen MR) is 63.3 cm³/mol. The topological polar surface area (TPSA) is 0 Å². The van der Waals surface area contributed by atoms with Gasteiger partial charge in [-0.1, -0.05) is 6.58 Å². The Morgan fingerprint density at radius 3 is 2.77 bits per heavy atom. The maximum absolute atomic E-state index is 4.16. The van der Waals surface area contributed by atoms with Crippen LogP contribution in [0.15, 0.2) is 11.1 Å². The molecule has 1 aliphatic rings. The van der Waals surface area contributed by atoms with Gasteiger partial charge in [-0.2, -0.15) is 0 Å². The Kier molecular flexibility index (Phi) is 2.61. The minimum absolute atomic E-state index is 1.18. The number of thiophene rings is 1. The minimum atomic E-state index is 1.18. The molecule has 0 amide bonds. The Morgan fingerprint density at radius 2 is 2.00 bits per heavy atom. The van der Waals surface area contributed by atoms with Crippen molar-refractivity contribution >= 4 is 32.8 Å². The number of hydrogen-bond acceptors (Lipinski definition) is 1. The molecule has 0 atom stereocenters. The van der Waals surface area contributed by atoms with Crippen molar-refractivity contribution in [2.75, 3.05) is 0 Å². The van der Waals surface area contributed by atoms with Crippen molar-refractivity contribution in [3.63, 3.8) is 0 Å². The van der Waals surface area contributed by atoms with Crippen LogP contribution in [0.5, 0.6) is 0 Å². The van der Waals surface area contributed by atoms with Crippen LogP contribution in [-0.2, 0) is 6.42 Å². The van der Waals surface area contributed by atoms with Crippen LogP contribution in [0, 0.1) is 6.92 Å². The molecule has 0 aromatic carbocycles. The van der Waals surface area contributed by atoms with E-state index in [-0.39, 0.29) is 0 Å². The molecule has 13 heavy (non-hydrogen) atoms. The quantitative estimate of drug-likeness (QED) is 0.598. The van der Waals surface area contributed by atoms with E-state index in [1.165, 1.54) is 51.0 Å². The van der Waals surface area contributed by atoms with E-state index in [9.17, 15) is 0 Å². The Labute approximate surface area is 91.8 Å². The van der Waals surface area contributed by atoms with E-state index in [0.717, 1.165) is 0 Å². The van der Waals surface area contributed by atoms with Crippen LogP contribution < -0.4 is 0 Å². The second kappa shape index (κ2) is 3.58. The molecule has 0 nitrogen and oxygen atoms in total. The van der Waals surface area contributed by atoms with Crippen molar-refractivity contribution in [3.8, 4) is 0 Å². The highest BCUT2D eigenvalue weighted by Gasteiger charge is 2.17. The van der Waals surface area contributed by atoms with Gasteiger partial charge in [0.05, 0.1) is 0 Å². The van der Waals surface area contributed by atoms with E-state index >= 15 is 0 Å². The number of allylic oxidation sites excluding steroid dienone is 1. The average Bonchev–Trinajstić information content (AvgIpc) is 2.30. The summed E-state index contributed by atoms with van der Waals surface area (Å²) < 4.78 is 1.33. The monoisotopic (exact) mass is 256 g/mol. The lowest BCUT2D eigenvalue weighted by Crippen LogP contribution is -1.83. The zero-order valence-electron chi connectivity index (χ0n) is 7.82. The van der Waals surface area contributed by atoms with Gasteiger partial charge in [-0.05, 0) is 59.7 Å². The zero-order valence-corrected chi connectivity index (χ0v) is 10.2. The molecule has 0 radical (unpaired) electrons. The molecule has 1 aliphatic carbocycles. The van der Waals surface area contributed by atoms with Crippen LogP contribution in [-0.4, -0.2) is 0 Å². The molecule has 2 heteroatoms. The fourth-order valence-corrected chi connectivity index (χ4v) is 3.70. The van der Waals surface area contributed by atoms with E-state index in [1.807, 2.05) is 11.3 Å². The predicted octanol–water partition coefficient (Wildman–Crippen LogP) is 4.56. The number of halogens is 1. The van der Waals surface area contributed by atoms with Crippen molar-refractivity contribution in [1.29, 1.82) is 0 Å². The van der Waals surface area contributed by atoms with Gasteiger partial charge in [0.25, 0.3) is 0 Å². The van der Waals surface area contributed by atoms with Gasteiger partial charge in [0.15, 0.2) is 0 Å². The van der Waals surface area contributed by atoms with Crippen molar-refractivity contribution in [3.05, 3.63) is 26.4 Å². The number of fused-ring (bicyclic) bond motifs is 1. The second-order valence-corrected chi connectivity index (χ2v) is 5.61. The van der Waals surface area contributed by atoms with Crippen LogP contribution in [0.25, 0.3) is 5.57 Å². The summed E-state index contributed by atoms with van der Waals surface area (Å²) in [5, 5.41) is 0. The highest BCUT2D eigenvalue weighted by atomic mass is 79.9. The standard InChI is InChI=1S/C11H13BrS/c1-7-5-3-4-6-9-10(12)8(2)13-11(7)9/h1,3-6H2,2H3. The van der Waals surface area contributed by atoms with Crippen molar-refractivity contribution in [2.24, 2.45) is 0 Å². The molecular weight excluding hydrogens is 244 g/mol. The highest BCUT2D eigenvalue weighted by Crippen LogP contribution is 2.40. The van der Waals surface area contributed by atoms with E-state index < -0.39 is 0 Å². The van der Waals surface area contributed by atoms with Crippen LogP contribution >= 0.6 is 27.3 Å². The number of hydrogen-bond donors (Lipinski definition) is 0. The molecule has 1 heterocycles. The van der Waals surface area contributed by atoms with Crippen LogP contribution in [0.3, 0.4) is 0 Å².